The van der Waals surface area contributed by atoms with Gasteiger partial charge in [-0.25, -0.2) is 0 Å². The Kier molecular flexibility index (Phi) is 12.8. The van der Waals surface area contributed by atoms with Crippen LogP contribution in [0.1, 0.15) is 159 Å². The number of carboxylic acid groups (broad SMARTS) is 1. The molecule has 0 atom stereocenters. The second-order valence-corrected chi connectivity index (χ2v) is 15.0. The van der Waals surface area contributed by atoms with E-state index in [-0.39, 0.29) is 10.9 Å². The first-order valence-electron chi connectivity index (χ1n) is 15.4. The van der Waals surface area contributed by atoms with Crippen molar-refractivity contribution in [2.45, 2.75) is 140 Å². The Morgan fingerprint density at radius 1 is 0.537 bits per heavy atom. The summed E-state index contributed by atoms with van der Waals surface area (Å²) in [7, 11) is -0.186. The van der Waals surface area contributed by atoms with Gasteiger partial charge < -0.3 is 9.90 Å². The van der Waals surface area contributed by atoms with Gasteiger partial charge in [-0.2, -0.15) is 0 Å². The molecule has 3 rings (SSSR count). The molecule has 3 aromatic carbocycles. The van der Waals surface area contributed by atoms with Crippen molar-refractivity contribution in [3.8, 4) is 0 Å². The normalized spacial score (nSPS) is 11.8. The van der Waals surface area contributed by atoms with E-state index in [2.05, 4.69) is 138 Å². The van der Waals surface area contributed by atoms with Gasteiger partial charge >= 0.3 is 0 Å². The lowest BCUT2D eigenvalue weighted by Crippen LogP contribution is -2.18. The third-order valence-corrected chi connectivity index (χ3v) is 10.0. The van der Waals surface area contributed by atoms with Crippen LogP contribution in [-0.4, -0.2) is 5.97 Å². The molecule has 41 heavy (non-hydrogen) atoms. The molecule has 0 aliphatic heterocycles. The summed E-state index contributed by atoms with van der Waals surface area (Å²) in [5.41, 5.74) is 9.05. The molecular weight excluding hydrogens is 520 g/mol. The van der Waals surface area contributed by atoms with Crippen LogP contribution >= 0.6 is 0 Å². The van der Waals surface area contributed by atoms with E-state index in [1.54, 1.807) is 9.79 Å². The number of benzene rings is 3. The molecule has 0 heterocycles. The van der Waals surface area contributed by atoms with E-state index in [0.717, 1.165) is 6.92 Å². The smallest absolute Gasteiger partial charge is 0.173 e. The van der Waals surface area contributed by atoms with Crippen molar-refractivity contribution in [2.75, 3.05) is 0 Å². The lowest BCUT2D eigenvalue weighted by Gasteiger charge is -2.26. The summed E-state index contributed by atoms with van der Waals surface area (Å²) in [5.74, 6) is 1.81. The third kappa shape index (κ3) is 8.74. The van der Waals surface area contributed by atoms with Gasteiger partial charge in [-0.05, 0) is 65.7 Å². The van der Waals surface area contributed by atoms with E-state index in [1.165, 1.54) is 38.3 Å². The fourth-order valence-electron chi connectivity index (χ4n) is 5.14. The lowest BCUT2D eigenvalue weighted by molar-refractivity contribution is -0.302. The predicted octanol–water partition coefficient (Wildman–Crippen LogP) is 10.3. The van der Waals surface area contributed by atoms with Gasteiger partial charge in [0, 0.05) is 28.2 Å². The number of carbonyl (C=O) groups is 1. The largest absolute Gasteiger partial charge is 0.550 e. The molecule has 0 unspecified atom stereocenters. The second kappa shape index (κ2) is 15.1. The maximum absolute atomic E-state index is 8.89. The summed E-state index contributed by atoms with van der Waals surface area (Å²) in [5, 5.41) is 8.89. The predicted molar refractivity (Wildman–Crippen MR) is 177 cm³/mol. The SMILES string of the molecule is CC(=O)[O-].CC(C)c1cc(C(C)C)c([S+](c2ccccc2)c2c(C(C)C)cc(C(C)C)cc2C(C)C)c(C(C)C)c1. The molecule has 0 amide bonds. The average Bonchev–Trinajstić information content (AvgIpc) is 2.88. The molecule has 0 aromatic heterocycles. The van der Waals surface area contributed by atoms with Gasteiger partial charge in [-0.3, -0.25) is 0 Å². The summed E-state index contributed by atoms with van der Waals surface area (Å²) < 4.78 is 0. The Hall–Kier alpha value is -2.52. The van der Waals surface area contributed by atoms with E-state index in [0.29, 0.717) is 35.5 Å². The Bertz CT molecular complexity index is 1150. The number of aliphatic carboxylic acids is 1. The number of hydrogen-bond acceptors (Lipinski definition) is 2. The minimum Gasteiger partial charge on any atom is -0.550 e. The highest BCUT2D eigenvalue weighted by Gasteiger charge is 2.40. The van der Waals surface area contributed by atoms with Crippen LogP contribution in [0.25, 0.3) is 0 Å². The first kappa shape index (κ1) is 34.7. The van der Waals surface area contributed by atoms with E-state index in [1.807, 2.05) is 0 Å². The highest BCUT2D eigenvalue weighted by molar-refractivity contribution is 7.97. The Labute approximate surface area is 254 Å². The minimum absolute atomic E-state index is 0.186. The summed E-state index contributed by atoms with van der Waals surface area (Å²) in [6, 6.07) is 21.5. The Balaban J connectivity index is 0.00000138. The van der Waals surface area contributed by atoms with Gasteiger partial charge in [0.15, 0.2) is 14.7 Å². The van der Waals surface area contributed by atoms with Crippen molar-refractivity contribution < 1.29 is 9.90 Å². The van der Waals surface area contributed by atoms with Crippen LogP contribution in [0.4, 0.5) is 0 Å². The second-order valence-electron chi connectivity index (χ2n) is 13.1. The molecule has 0 bridgehead atoms. The van der Waals surface area contributed by atoms with Crippen LogP contribution in [0, 0.1) is 0 Å². The Morgan fingerprint density at radius 3 is 1.02 bits per heavy atom. The van der Waals surface area contributed by atoms with Crippen LogP contribution in [0.2, 0.25) is 0 Å². The maximum Gasteiger partial charge on any atom is 0.173 e. The van der Waals surface area contributed by atoms with Crippen LogP contribution in [0.15, 0.2) is 69.3 Å². The average molecular weight is 575 g/mol. The standard InChI is InChI=1S/C36H51S.C2H4O2/c1-22(2)28-18-31(24(5)6)35(32(19-28)25(7)8)37(30-16-14-13-15-17-30)36-33(26(9)10)20-29(23(3)4)21-34(36)27(11)12;1-2(3)4/h13-27H,1-12H3;1H3,(H,3,4)/q+1;/p-1. The molecule has 2 nitrogen and oxygen atoms in total. The van der Waals surface area contributed by atoms with Gasteiger partial charge in [-0.1, -0.05) is 126 Å². The molecule has 0 saturated carbocycles. The van der Waals surface area contributed by atoms with Crippen LogP contribution in [0.5, 0.6) is 0 Å². The van der Waals surface area contributed by atoms with E-state index in [9.17, 15) is 0 Å². The minimum atomic E-state index is -1.08. The van der Waals surface area contributed by atoms with Crippen molar-refractivity contribution in [2.24, 2.45) is 0 Å². The van der Waals surface area contributed by atoms with Crippen molar-refractivity contribution in [3.63, 3.8) is 0 Å². The third-order valence-electron chi connectivity index (χ3n) is 7.55. The number of carbonyl (C=O) groups excluding carboxylic acids is 1. The van der Waals surface area contributed by atoms with Gasteiger partial charge in [0.25, 0.3) is 0 Å². The van der Waals surface area contributed by atoms with Crippen molar-refractivity contribution >= 4 is 16.9 Å². The van der Waals surface area contributed by atoms with Gasteiger partial charge in [0.1, 0.15) is 10.9 Å². The summed E-state index contributed by atoms with van der Waals surface area (Å²) in [6.45, 7) is 29.4. The monoisotopic (exact) mass is 574 g/mol. The molecular formula is C38H54O2S. The first-order valence-corrected chi connectivity index (χ1v) is 16.6. The summed E-state index contributed by atoms with van der Waals surface area (Å²) >= 11 is 0. The van der Waals surface area contributed by atoms with Crippen molar-refractivity contribution in [1.29, 1.82) is 0 Å². The molecule has 3 heteroatoms. The lowest BCUT2D eigenvalue weighted by atomic mass is 9.89. The number of carboxylic acids is 1. The topological polar surface area (TPSA) is 40.1 Å². The molecule has 0 fully saturated rings. The highest BCUT2D eigenvalue weighted by Crippen LogP contribution is 2.47. The Morgan fingerprint density at radius 2 is 0.805 bits per heavy atom. The maximum atomic E-state index is 8.89. The summed E-state index contributed by atoms with van der Waals surface area (Å²) in [4.78, 5) is 13.5. The molecule has 0 spiro atoms. The fraction of sp³-hybridized carbons (Fsp3) is 0.500. The van der Waals surface area contributed by atoms with Crippen molar-refractivity contribution in [1.82, 2.24) is 0 Å². The van der Waals surface area contributed by atoms with E-state index >= 15 is 0 Å². The molecule has 224 valence electrons. The quantitative estimate of drug-likeness (QED) is 0.239. The summed E-state index contributed by atoms with van der Waals surface area (Å²) in [6.07, 6.45) is 0. The van der Waals surface area contributed by atoms with Gasteiger partial charge in [0.2, 0.25) is 0 Å². The van der Waals surface area contributed by atoms with Crippen LogP contribution in [-0.2, 0) is 15.7 Å². The zero-order valence-corrected chi connectivity index (χ0v) is 28.7. The van der Waals surface area contributed by atoms with E-state index < -0.39 is 5.97 Å². The molecule has 3 aromatic rings. The molecule has 0 aliphatic carbocycles. The number of hydrogen-bond donors (Lipinski definition) is 0. The molecule has 0 saturated heterocycles. The molecule has 0 N–H and O–H groups in total. The molecule has 0 radical (unpaired) electrons. The number of rotatable bonds is 9. The van der Waals surface area contributed by atoms with Gasteiger partial charge in [0.05, 0.1) is 0 Å². The molecule has 0 aliphatic rings. The first-order chi connectivity index (χ1) is 19.1. The van der Waals surface area contributed by atoms with E-state index in [4.69, 9.17) is 9.90 Å². The van der Waals surface area contributed by atoms with Crippen LogP contribution in [0.3, 0.4) is 0 Å². The van der Waals surface area contributed by atoms with Crippen LogP contribution < -0.4 is 5.11 Å². The highest BCUT2D eigenvalue weighted by atomic mass is 32.2. The fourth-order valence-corrected chi connectivity index (χ4v) is 8.37. The zero-order valence-electron chi connectivity index (χ0n) is 27.9. The zero-order chi connectivity index (χ0) is 31.2. The van der Waals surface area contributed by atoms with Crippen molar-refractivity contribution in [3.05, 3.63) is 88.0 Å². The van der Waals surface area contributed by atoms with Gasteiger partial charge in [-0.15, -0.1) is 0 Å².